The van der Waals surface area contributed by atoms with E-state index in [2.05, 4.69) is 0 Å². The Morgan fingerprint density at radius 3 is 2.11 bits per heavy atom. The van der Waals surface area contributed by atoms with Crippen LogP contribution < -0.4 is 0 Å². The van der Waals surface area contributed by atoms with E-state index in [1.54, 1.807) is 6.92 Å². The number of carbonyl (C=O) groups is 4. The Labute approximate surface area is 108 Å². The van der Waals surface area contributed by atoms with E-state index in [0.29, 0.717) is 19.1 Å². The van der Waals surface area contributed by atoms with Gasteiger partial charge in [0.15, 0.2) is 5.78 Å². The number of Topliss-reactive ketones (excluding diaryl/α,β-unsaturated/α-hetero) is 2. The largest absolute Gasteiger partial charge is 0.303 e. The molecule has 0 saturated carbocycles. The lowest BCUT2D eigenvalue weighted by Crippen LogP contribution is -2.33. The van der Waals surface area contributed by atoms with Crippen molar-refractivity contribution in [3.8, 4) is 0 Å². The Morgan fingerprint density at radius 2 is 1.72 bits per heavy atom. The summed E-state index contributed by atoms with van der Waals surface area (Å²) in [7, 11) is 0. The predicted octanol–water partition coefficient (Wildman–Crippen LogP) is 1.99. The van der Waals surface area contributed by atoms with Crippen LogP contribution in [0.2, 0.25) is 0 Å². The van der Waals surface area contributed by atoms with E-state index in [1.165, 1.54) is 0 Å². The maximum Gasteiger partial charge on any atom is 0.201 e. The first kappa shape index (κ1) is 16.7. The summed E-state index contributed by atoms with van der Waals surface area (Å²) >= 11 is 0. The molecule has 0 saturated heterocycles. The van der Waals surface area contributed by atoms with Gasteiger partial charge in [-0.15, -0.1) is 0 Å². The van der Waals surface area contributed by atoms with Gasteiger partial charge in [-0.3, -0.25) is 9.59 Å². The Morgan fingerprint density at radius 1 is 1.11 bits per heavy atom. The summed E-state index contributed by atoms with van der Waals surface area (Å²) in [4.78, 5) is 44.7. The number of hydrogen-bond acceptors (Lipinski definition) is 4. The molecule has 0 aliphatic carbocycles. The Hall–Kier alpha value is -1.32. The van der Waals surface area contributed by atoms with Crippen molar-refractivity contribution in [1.82, 2.24) is 0 Å². The van der Waals surface area contributed by atoms with Crippen LogP contribution in [-0.4, -0.2) is 24.1 Å². The summed E-state index contributed by atoms with van der Waals surface area (Å²) in [6, 6.07) is 0. The molecular formula is C14H22O4. The molecule has 18 heavy (non-hydrogen) atoms. The number of hydrogen-bond donors (Lipinski definition) is 0. The standard InChI is InChI=1S/C14H22O4/c1-4-11(10(3)9-16)12(5-2)14(18)13(17)7-6-8-15/h8-12H,4-7H2,1-3H3. The normalized spacial score (nSPS) is 15.5. The van der Waals surface area contributed by atoms with Gasteiger partial charge < -0.3 is 9.59 Å². The molecule has 0 aliphatic rings. The molecule has 3 atom stereocenters. The molecular weight excluding hydrogens is 232 g/mol. The van der Waals surface area contributed by atoms with Gasteiger partial charge in [0.1, 0.15) is 12.6 Å². The summed E-state index contributed by atoms with van der Waals surface area (Å²) in [5.74, 6) is -1.66. The third-order valence-corrected chi connectivity index (χ3v) is 3.42. The van der Waals surface area contributed by atoms with E-state index < -0.39 is 17.5 Å². The van der Waals surface area contributed by atoms with Crippen molar-refractivity contribution < 1.29 is 19.2 Å². The second kappa shape index (κ2) is 8.72. The molecule has 4 heteroatoms. The monoisotopic (exact) mass is 254 g/mol. The number of ketones is 2. The zero-order chi connectivity index (χ0) is 14.1. The van der Waals surface area contributed by atoms with Crippen LogP contribution in [-0.2, 0) is 19.2 Å². The Bertz CT molecular complexity index is 309. The molecule has 3 unspecified atom stereocenters. The summed E-state index contributed by atoms with van der Waals surface area (Å²) in [6.07, 6.45) is 2.76. The van der Waals surface area contributed by atoms with Gasteiger partial charge in [-0.05, 0) is 12.3 Å². The summed E-state index contributed by atoms with van der Waals surface area (Å²) in [5, 5.41) is 0. The average molecular weight is 254 g/mol. The molecule has 0 aromatic rings. The number of aldehydes is 2. The minimum Gasteiger partial charge on any atom is -0.303 e. The van der Waals surface area contributed by atoms with E-state index in [1.807, 2.05) is 13.8 Å². The molecule has 0 amide bonds. The van der Waals surface area contributed by atoms with E-state index in [4.69, 9.17) is 0 Å². The van der Waals surface area contributed by atoms with E-state index in [0.717, 1.165) is 6.29 Å². The fourth-order valence-electron chi connectivity index (χ4n) is 2.33. The third kappa shape index (κ3) is 4.51. The molecule has 0 aromatic heterocycles. The van der Waals surface area contributed by atoms with Crippen LogP contribution in [0.15, 0.2) is 0 Å². The SMILES string of the molecule is CCC(C(=O)C(=O)CCC=O)C(CC)C(C)C=O. The van der Waals surface area contributed by atoms with Crippen molar-refractivity contribution in [2.45, 2.75) is 46.5 Å². The van der Waals surface area contributed by atoms with Gasteiger partial charge >= 0.3 is 0 Å². The highest BCUT2D eigenvalue weighted by atomic mass is 16.2. The summed E-state index contributed by atoms with van der Waals surface area (Å²) < 4.78 is 0. The van der Waals surface area contributed by atoms with Crippen molar-refractivity contribution in [1.29, 1.82) is 0 Å². The van der Waals surface area contributed by atoms with Crippen molar-refractivity contribution in [3.05, 3.63) is 0 Å². The minimum atomic E-state index is -0.495. The van der Waals surface area contributed by atoms with Gasteiger partial charge in [0, 0.05) is 24.7 Å². The predicted molar refractivity (Wildman–Crippen MR) is 68.1 cm³/mol. The summed E-state index contributed by atoms with van der Waals surface area (Å²) in [5.41, 5.74) is 0. The number of carbonyl (C=O) groups excluding carboxylic acids is 4. The molecule has 0 fully saturated rings. The number of rotatable bonds is 10. The van der Waals surface area contributed by atoms with Gasteiger partial charge in [0.25, 0.3) is 0 Å². The van der Waals surface area contributed by atoms with Crippen LogP contribution in [0, 0.1) is 17.8 Å². The van der Waals surface area contributed by atoms with Gasteiger partial charge in [0.05, 0.1) is 0 Å². The molecule has 0 aliphatic heterocycles. The molecule has 102 valence electrons. The quantitative estimate of drug-likeness (QED) is 0.441. The van der Waals surface area contributed by atoms with Crippen LogP contribution in [0.5, 0.6) is 0 Å². The lowest BCUT2D eigenvalue weighted by Gasteiger charge is -2.26. The van der Waals surface area contributed by atoms with Crippen LogP contribution >= 0.6 is 0 Å². The van der Waals surface area contributed by atoms with Gasteiger partial charge in [0.2, 0.25) is 5.78 Å². The molecule has 0 bridgehead atoms. The van der Waals surface area contributed by atoms with Gasteiger partial charge in [-0.1, -0.05) is 27.2 Å². The lowest BCUT2D eigenvalue weighted by molar-refractivity contribution is -0.141. The lowest BCUT2D eigenvalue weighted by atomic mass is 9.76. The van der Waals surface area contributed by atoms with Crippen LogP contribution in [0.1, 0.15) is 46.5 Å². The zero-order valence-corrected chi connectivity index (χ0v) is 11.3. The molecule has 0 spiro atoms. The topological polar surface area (TPSA) is 68.3 Å². The van der Waals surface area contributed by atoms with Gasteiger partial charge in [-0.2, -0.15) is 0 Å². The minimum absolute atomic E-state index is 0.0231. The maximum atomic E-state index is 12.0. The zero-order valence-electron chi connectivity index (χ0n) is 11.3. The van der Waals surface area contributed by atoms with Crippen LogP contribution in [0.3, 0.4) is 0 Å². The van der Waals surface area contributed by atoms with Crippen molar-refractivity contribution in [2.75, 3.05) is 0 Å². The first-order valence-corrected chi connectivity index (χ1v) is 6.49. The fraction of sp³-hybridized carbons (Fsp3) is 0.714. The Balaban J connectivity index is 4.82. The third-order valence-electron chi connectivity index (χ3n) is 3.42. The van der Waals surface area contributed by atoms with E-state index >= 15 is 0 Å². The van der Waals surface area contributed by atoms with E-state index in [-0.39, 0.29) is 24.7 Å². The molecule has 0 radical (unpaired) electrons. The second-order valence-corrected chi connectivity index (χ2v) is 4.57. The van der Waals surface area contributed by atoms with Crippen LogP contribution in [0.25, 0.3) is 0 Å². The second-order valence-electron chi connectivity index (χ2n) is 4.57. The van der Waals surface area contributed by atoms with E-state index in [9.17, 15) is 19.2 Å². The first-order chi connectivity index (χ1) is 8.53. The first-order valence-electron chi connectivity index (χ1n) is 6.49. The van der Waals surface area contributed by atoms with Crippen LogP contribution in [0.4, 0.5) is 0 Å². The highest BCUT2D eigenvalue weighted by Gasteiger charge is 2.32. The maximum absolute atomic E-state index is 12.0. The molecule has 0 N–H and O–H groups in total. The highest BCUT2D eigenvalue weighted by Crippen LogP contribution is 2.27. The molecule has 0 heterocycles. The van der Waals surface area contributed by atoms with Crippen molar-refractivity contribution in [3.63, 3.8) is 0 Å². The average Bonchev–Trinajstić information content (AvgIpc) is 2.40. The van der Waals surface area contributed by atoms with Gasteiger partial charge in [-0.25, -0.2) is 0 Å². The molecule has 4 nitrogen and oxygen atoms in total. The molecule has 0 aromatic carbocycles. The van der Waals surface area contributed by atoms with Crippen molar-refractivity contribution in [2.24, 2.45) is 17.8 Å². The Kier molecular flexibility index (Phi) is 8.08. The van der Waals surface area contributed by atoms with Crippen molar-refractivity contribution >= 4 is 24.1 Å². The summed E-state index contributed by atoms with van der Waals surface area (Å²) in [6.45, 7) is 5.53. The highest BCUT2D eigenvalue weighted by molar-refractivity contribution is 6.38. The molecule has 0 rings (SSSR count). The fourth-order valence-corrected chi connectivity index (χ4v) is 2.33. The smallest absolute Gasteiger partial charge is 0.201 e.